The normalized spacial score (nSPS) is 12.9. The molecule has 0 aliphatic heterocycles. The van der Waals surface area contributed by atoms with Crippen LogP contribution >= 0.6 is 24.0 Å². The summed E-state index contributed by atoms with van der Waals surface area (Å²) in [5.74, 6) is 0. The Morgan fingerprint density at radius 1 is 1.44 bits per heavy atom. The molecule has 0 aliphatic rings. The monoisotopic (exact) mass is 284 g/mol. The minimum atomic E-state index is -3.56. The molecule has 0 aromatic heterocycles. The number of hydrogen-bond acceptors (Lipinski definition) is 3. The second kappa shape index (κ2) is 6.42. The van der Waals surface area contributed by atoms with Gasteiger partial charge < -0.3 is 5.73 Å². The summed E-state index contributed by atoms with van der Waals surface area (Å²) in [6.07, 6.45) is 0. The van der Waals surface area contributed by atoms with Gasteiger partial charge in [0.25, 0.3) is 0 Å². The Bertz CT molecular complexity index is 437. The SMILES string of the molecule is C[C@@H](CN)NS(=O)(=O)c1ccccc1Cl.Cl. The van der Waals surface area contributed by atoms with Crippen LogP contribution in [0.25, 0.3) is 0 Å². The molecule has 0 fully saturated rings. The number of benzene rings is 1. The fraction of sp³-hybridized carbons (Fsp3) is 0.333. The predicted molar refractivity (Wildman–Crippen MR) is 67.5 cm³/mol. The largest absolute Gasteiger partial charge is 0.329 e. The fourth-order valence-electron chi connectivity index (χ4n) is 1.04. The van der Waals surface area contributed by atoms with Gasteiger partial charge in [-0.3, -0.25) is 0 Å². The molecule has 4 nitrogen and oxygen atoms in total. The van der Waals surface area contributed by atoms with Crippen LogP contribution in [0, 0.1) is 0 Å². The zero-order valence-electron chi connectivity index (χ0n) is 8.68. The van der Waals surface area contributed by atoms with Gasteiger partial charge in [-0.05, 0) is 19.1 Å². The molecule has 1 atom stereocenters. The van der Waals surface area contributed by atoms with Crippen molar-refractivity contribution >= 4 is 34.0 Å². The van der Waals surface area contributed by atoms with Crippen LogP contribution in [0.3, 0.4) is 0 Å². The van der Waals surface area contributed by atoms with E-state index in [4.69, 9.17) is 17.3 Å². The Hall–Kier alpha value is -0.330. The summed E-state index contributed by atoms with van der Waals surface area (Å²) in [5, 5.41) is 0.203. The Kier molecular flexibility index (Phi) is 6.28. The summed E-state index contributed by atoms with van der Waals surface area (Å²) in [6, 6.07) is 5.96. The van der Waals surface area contributed by atoms with Crippen LogP contribution < -0.4 is 10.5 Å². The molecule has 0 heterocycles. The van der Waals surface area contributed by atoms with Gasteiger partial charge in [0.2, 0.25) is 10.0 Å². The molecule has 16 heavy (non-hydrogen) atoms. The van der Waals surface area contributed by atoms with E-state index in [9.17, 15) is 8.42 Å². The van der Waals surface area contributed by atoms with Gasteiger partial charge in [0, 0.05) is 12.6 Å². The lowest BCUT2D eigenvalue weighted by Crippen LogP contribution is -2.37. The van der Waals surface area contributed by atoms with E-state index in [0.29, 0.717) is 0 Å². The molecule has 1 rings (SSSR count). The fourth-order valence-corrected chi connectivity index (χ4v) is 2.81. The highest BCUT2D eigenvalue weighted by molar-refractivity contribution is 7.89. The Morgan fingerprint density at radius 3 is 2.50 bits per heavy atom. The molecule has 1 aromatic rings. The third-order valence-corrected chi connectivity index (χ3v) is 3.93. The predicted octanol–water partition coefficient (Wildman–Crippen LogP) is 1.39. The van der Waals surface area contributed by atoms with Crippen LogP contribution in [-0.4, -0.2) is 21.0 Å². The van der Waals surface area contributed by atoms with Gasteiger partial charge in [0.1, 0.15) is 4.90 Å². The van der Waals surface area contributed by atoms with E-state index in [1.54, 1.807) is 19.1 Å². The van der Waals surface area contributed by atoms with Crippen molar-refractivity contribution in [3.05, 3.63) is 29.3 Å². The number of sulfonamides is 1. The van der Waals surface area contributed by atoms with Crippen molar-refractivity contribution in [3.63, 3.8) is 0 Å². The van der Waals surface area contributed by atoms with Crippen LogP contribution in [0.15, 0.2) is 29.2 Å². The van der Waals surface area contributed by atoms with Crippen molar-refractivity contribution in [2.24, 2.45) is 5.73 Å². The van der Waals surface area contributed by atoms with E-state index in [2.05, 4.69) is 4.72 Å². The molecular formula is C9H14Cl2N2O2S. The molecule has 0 saturated carbocycles. The van der Waals surface area contributed by atoms with Gasteiger partial charge in [0.05, 0.1) is 5.02 Å². The van der Waals surface area contributed by atoms with Crippen molar-refractivity contribution in [1.29, 1.82) is 0 Å². The Balaban J connectivity index is 0.00000225. The van der Waals surface area contributed by atoms with Crippen molar-refractivity contribution in [2.45, 2.75) is 17.9 Å². The highest BCUT2D eigenvalue weighted by Gasteiger charge is 2.18. The second-order valence-electron chi connectivity index (χ2n) is 3.19. The topological polar surface area (TPSA) is 72.2 Å². The molecule has 0 radical (unpaired) electrons. The Morgan fingerprint density at radius 2 is 2.00 bits per heavy atom. The van der Waals surface area contributed by atoms with Gasteiger partial charge in [0.15, 0.2) is 0 Å². The van der Waals surface area contributed by atoms with Crippen molar-refractivity contribution in [3.8, 4) is 0 Å². The molecule has 92 valence electrons. The van der Waals surface area contributed by atoms with E-state index < -0.39 is 10.0 Å². The first kappa shape index (κ1) is 15.7. The van der Waals surface area contributed by atoms with Crippen LogP contribution in [-0.2, 0) is 10.0 Å². The number of hydrogen-bond donors (Lipinski definition) is 2. The van der Waals surface area contributed by atoms with Gasteiger partial charge >= 0.3 is 0 Å². The van der Waals surface area contributed by atoms with Crippen molar-refractivity contribution in [2.75, 3.05) is 6.54 Å². The maximum absolute atomic E-state index is 11.8. The summed E-state index contributed by atoms with van der Waals surface area (Å²) in [7, 11) is -3.56. The average Bonchev–Trinajstić information content (AvgIpc) is 2.17. The second-order valence-corrected chi connectivity index (χ2v) is 5.28. The summed E-state index contributed by atoms with van der Waals surface area (Å²) in [6.45, 7) is 1.93. The Labute approximate surface area is 107 Å². The minimum Gasteiger partial charge on any atom is -0.329 e. The molecule has 1 aromatic carbocycles. The third-order valence-electron chi connectivity index (χ3n) is 1.84. The van der Waals surface area contributed by atoms with E-state index in [1.165, 1.54) is 12.1 Å². The van der Waals surface area contributed by atoms with E-state index >= 15 is 0 Å². The molecule has 0 spiro atoms. The van der Waals surface area contributed by atoms with E-state index in [0.717, 1.165) is 0 Å². The lowest BCUT2D eigenvalue weighted by Gasteiger charge is -2.12. The molecule has 0 aliphatic carbocycles. The molecule has 7 heteroatoms. The highest BCUT2D eigenvalue weighted by atomic mass is 35.5. The van der Waals surface area contributed by atoms with Gasteiger partial charge in [-0.1, -0.05) is 23.7 Å². The maximum atomic E-state index is 11.8. The molecule has 0 amide bonds. The van der Waals surface area contributed by atoms with Crippen molar-refractivity contribution in [1.82, 2.24) is 4.72 Å². The smallest absolute Gasteiger partial charge is 0.242 e. The zero-order valence-corrected chi connectivity index (χ0v) is 11.1. The lowest BCUT2D eigenvalue weighted by atomic mass is 10.4. The summed E-state index contributed by atoms with van der Waals surface area (Å²) in [5.41, 5.74) is 5.34. The van der Waals surface area contributed by atoms with Gasteiger partial charge in [-0.25, -0.2) is 13.1 Å². The first-order chi connectivity index (χ1) is 6.97. The number of nitrogens with one attached hydrogen (secondary N) is 1. The van der Waals surface area contributed by atoms with Crippen LogP contribution in [0.4, 0.5) is 0 Å². The lowest BCUT2D eigenvalue weighted by molar-refractivity contribution is 0.563. The molecule has 3 N–H and O–H groups in total. The first-order valence-electron chi connectivity index (χ1n) is 4.44. The number of halogens is 2. The third kappa shape index (κ3) is 3.92. The first-order valence-corrected chi connectivity index (χ1v) is 6.30. The summed E-state index contributed by atoms with van der Waals surface area (Å²) in [4.78, 5) is 0.0759. The molecule has 0 unspecified atom stereocenters. The molecular weight excluding hydrogens is 271 g/mol. The maximum Gasteiger partial charge on any atom is 0.242 e. The molecule has 0 bridgehead atoms. The molecule has 0 saturated heterocycles. The summed E-state index contributed by atoms with van der Waals surface area (Å²) >= 11 is 5.78. The van der Waals surface area contributed by atoms with Crippen LogP contribution in [0.5, 0.6) is 0 Å². The minimum absolute atomic E-state index is 0. The average molecular weight is 285 g/mol. The zero-order chi connectivity index (χ0) is 11.5. The van der Waals surface area contributed by atoms with Gasteiger partial charge in [-0.2, -0.15) is 0 Å². The number of nitrogens with two attached hydrogens (primary N) is 1. The van der Waals surface area contributed by atoms with Crippen LogP contribution in [0.2, 0.25) is 5.02 Å². The number of rotatable bonds is 4. The standard InChI is InChI=1S/C9H13ClN2O2S.ClH/c1-7(6-11)12-15(13,14)9-5-3-2-4-8(9)10;/h2-5,7,12H,6,11H2,1H3;1H/t7-;/m0./s1. The van der Waals surface area contributed by atoms with Gasteiger partial charge in [-0.15, -0.1) is 12.4 Å². The van der Waals surface area contributed by atoms with Crippen LogP contribution in [0.1, 0.15) is 6.92 Å². The van der Waals surface area contributed by atoms with E-state index in [-0.39, 0.29) is 34.9 Å². The van der Waals surface area contributed by atoms with Crippen molar-refractivity contribution < 1.29 is 8.42 Å². The highest BCUT2D eigenvalue weighted by Crippen LogP contribution is 2.20. The summed E-state index contributed by atoms with van der Waals surface area (Å²) < 4.78 is 26.0. The quantitative estimate of drug-likeness (QED) is 0.878. The van der Waals surface area contributed by atoms with E-state index in [1.807, 2.05) is 0 Å².